The highest BCUT2D eigenvalue weighted by Gasteiger charge is 2.37. The van der Waals surface area contributed by atoms with Gasteiger partial charge in [-0.05, 0) is 43.0 Å². The van der Waals surface area contributed by atoms with Crippen LogP contribution >= 0.6 is 11.3 Å². The van der Waals surface area contributed by atoms with E-state index in [9.17, 15) is 36.0 Å². The van der Waals surface area contributed by atoms with Crippen molar-refractivity contribution < 1.29 is 45.1 Å². The largest absolute Gasteiger partial charge is 0.440 e. The molecule has 16 heteroatoms. The second-order valence-electron chi connectivity index (χ2n) is 9.91. The van der Waals surface area contributed by atoms with Crippen LogP contribution in [-0.4, -0.2) is 62.4 Å². The number of hydrogen-bond donors (Lipinski definition) is 3. The van der Waals surface area contributed by atoms with Crippen LogP contribution in [-0.2, 0) is 24.2 Å². The fraction of sp³-hybridized carbons (Fsp3) is 0.407. The Hall–Kier alpha value is -3.79. The zero-order valence-electron chi connectivity index (χ0n) is 22.8. The summed E-state index contributed by atoms with van der Waals surface area (Å²) in [6.45, 7) is -0.349. The van der Waals surface area contributed by atoms with E-state index in [1.165, 1.54) is 30.3 Å². The number of amides is 3. The zero-order chi connectivity index (χ0) is 31.4. The van der Waals surface area contributed by atoms with Crippen molar-refractivity contribution in [1.82, 2.24) is 15.6 Å². The molecule has 1 saturated carbocycles. The number of nitrogens with zero attached hydrogens (tertiary/aromatic N) is 1. The quantitative estimate of drug-likeness (QED) is 0.239. The van der Waals surface area contributed by atoms with Gasteiger partial charge in [0.2, 0.25) is 11.8 Å². The third kappa shape index (κ3) is 8.86. The van der Waals surface area contributed by atoms with E-state index < -0.39 is 58.1 Å². The molecule has 10 nitrogen and oxygen atoms in total. The highest BCUT2D eigenvalue weighted by molar-refractivity contribution is 7.92. The fourth-order valence-corrected chi connectivity index (χ4v) is 7.24. The number of carbonyl (C=O) groups excluding carboxylic acids is 3. The second kappa shape index (κ2) is 13.2. The molecule has 1 atom stereocenters. The van der Waals surface area contributed by atoms with Gasteiger partial charge in [0.05, 0.1) is 22.5 Å². The second-order valence-corrected chi connectivity index (χ2v) is 13.2. The smallest absolute Gasteiger partial charge is 0.422 e. The lowest BCUT2D eigenvalue weighted by atomic mass is 10.0. The minimum Gasteiger partial charge on any atom is -0.440 e. The molecule has 1 heterocycles. The van der Waals surface area contributed by atoms with Crippen LogP contribution in [0.25, 0.3) is 21.3 Å². The Morgan fingerprint density at radius 1 is 1.14 bits per heavy atom. The maximum Gasteiger partial charge on any atom is 0.422 e. The highest BCUT2D eigenvalue weighted by Crippen LogP contribution is 2.36. The minimum absolute atomic E-state index is 0.0640. The molecule has 3 amide bonds. The molecule has 1 aliphatic carbocycles. The van der Waals surface area contributed by atoms with E-state index in [0.29, 0.717) is 23.1 Å². The number of aromatic nitrogens is 1. The molecule has 1 aliphatic rings. The number of alkyl halides is 3. The molecular formula is C27H28F4N4O6S2. The van der Waals surface area contributed by atoms with E-state index in [4.69, 9.17) is 0 Å². The number of anilines is 1. The van der Waals surface area contributed by atoms with E-state index >= 15 is 4.39 Å². The molecule has 1 aromatic heterocycles. The number of rotatable bonds is 12. The summed E-state index contributed by atoms with van der Waals surface area (Å²) in [7, 11) is -4.04. The first-order valence-electron chi connectivity index (χ1n) is 13.3. The third-order valence-corrected chi connectivity index (χ3v) is 9.52. The van der Waals surface area contributed by atoms with E-state index in [0.717, 1.165) is 30.2 Å². The maximum atomic E-state index is 15.1. The van der Waals surface area contributed by atoms with E-state index in [-0.39, 0.29) is 33.6 Å². The number of thiazole rings is 1. The number of fused-ring (bicyclic) bond motifs is 1. The Kier molecular flexibility index (Phi) is 9.89. The van der Waals surface area contributed by atoms with Crippen molar-refractivity contribution in [2.24, 2.45) is 0 Å². The third-order valence-electron chi connectivity index (χ3n) is 6.27. The fourth-order valence-electron chi connectivity index (χ4n) is 3.99. The van der Waals surface area contributed by atoms with Crippen molar-refractivity contribution in [3.8, 4) is 11.1 Å². The number of sulfone groups is 1. The normalized spacial score (nSPS) is 14.3. The molecule has 1 fully saturated rings. The maximum absolute atomic E-state index is 15.1. The molecular weight excluding hydrogens is 616 g/mol. The lowest BCUT2D eigenvalue weighted by molar-refractivity contribution is -0.159. The van der Waals surface area contributed by atoms with Gasteiger partial charge in [0.15, 0.2) is 21.7 Å². The van der Waals surface area contributed by atoms with E-state index in [1.54, 1.807) is 6.92 Å². The molecule has 0 radical (unpaired) electrons. The summed E-state index contributed by atoms with van der Waals surface area (Å²) in [4.78, 5) is 41.0. The summed E-state index contributed by atoms with van der Waals surface area (Å²) in [6, 6.07) is 8.12. The van der Waals surface area contributed by atoms with Gasteiger partial charge in [-0.2, -0.15) is 13.2 Å². The van der Waals surface area contributed by atoms with Gasteiger partial charge in [-0.25, -0.2) is 22.6 Å². The molecule has 3 aromatic rings. The number of nitrogens with one attached hydrogen (secondary N) is 3. The Balaban J connectivity index is 1.56. The Morgan fingerprint density at radius 2 is 1.84 bits per heavy atom. The Morgan fingerprint density at radius 3 is 2.47 bits per heavy atom. The van der Waals surface area contributed by atoms with Gasteiger partial charge in [0.1, 0.15) is 10.8 Å². The van der Waals surface area contributed by atoms with E-state index in [2.05, 4.69) is 25.7 Å². The Labute approximate surface area is 248 Å². The molecule has 0 spiro atoms. The lowest BCUT2D eigenvalue weighted by Gasteiger charge is -2.15. The van der Waals surface area contributed by atoms with Gasteiger partial charge in [0.25, 0.3) is 0 Å². The molecule has 4 rings (SSSR count). The summed E-state index contributed by atoms with van der Waals surface area (Å²) >= 11 is 0.902. The van der Waals surface area contributed by atoms with Gasteiger partial charge in [-0.15, -0.1) is 11.3 Å². The van der Waals surface area contributed by atoms with Crippen LogP contribution in [0.3, 0.4) is 0 Å². The van der Waals surface area contributed by atoms with Crippen molar-refractivity contribution in [1.29, 1.82) is 0 Å². The van der Waals surface area contributed by atoms with Gasteiger partial charge in [-0.1, -0.05) is 25.5 Å². The van der Waals surface area contributed by atoms with Crippen LogP contribution in [0.1, 0.15) is 42.9 Å². The number of hydrogen-bond acceptors (Lipinski definition) is 8. The average molecular weight is 645 g/mol. The summed E-state index contributed by atoms with van der Waals surface area (Å²) in [6.07, 6.45) is -3.43. The van der Waals surface area contributed by atoms with Crippen molar-refractivity contribution in [3.05, 3.63) is 47.2 Å². The number of carbonyl (C=O) groups is 3. The molecule has 3 N–H and O–H groups in total. The number of halogens is 4. The first-order chi connectivity index (χ1) is 20.3. The van der Waals surface area contributed by atoms with Crippen LogP contribution in [0.4, 0.5) is 28.0 Å². The SMILES string of the molecule is CCCCS(=O)(=O)C(C(=O)NCC(=O)NC1CC1)c1nc2cc(F)c(-c3ccc(NC(=O)OCC(F)(F)F)cc3)cc2s1. The Bertz CT molecular complexity index is 1610. The molecule has 2 aromatic carbocycles. The van der Waals surface area contributed by atoms with Crippen LogP contribution in [0.5, 0.6) is 0 Å². The van der Waals surface area contributed by atoms with Crippen LogP contribution < -0.4 is 16.0 Å². The predicted molar refractivity (Wildman–Crippen MR) is 152 cm³/mol. The average Bonchev–Trinajstić information content (AvgIpc) is 3.66. The topological polar surface area (TPSA) is 144 Å². The number of ether oxygens (including phenoxy) is 1. The summed E-state index contributed by atoms with van der Waals surface area (Å²) in [5, 5.41) is 5.47. The molecule has 43 heavy (non-hydrogen) atoms. The summed E-state index contributed by atoms with van der Waals surface area (Å²) in [5.74, 6) is -2.33. The summed E-state index contributed by atoms with van der Waals surface area (Å²) < 4.78 is 82.8. The number of unbranched alkanes of at least 4 members (excludes halogenated alkanes) is 1. The monoisotopic (exact) mass is 644 g/mol. The van der Waals surface area contributed by atoms with Gasteiger partial charge >= 0.3 is 12.3 Å². The van der Waals surface area contributed by atoms with Crippen molar-refractivity contribution in [2.45, 2.75) is 50.1 Å². The molecule has 0 aliphatic heterocycles. The van der Waals surface area contributed by atoms with Gasteiger partial charge < -0.3 is 15.4 Å². The zero-order valence-corrected chi connectivity index (χ0v) is 24.4. The lowest BCUT2D eigenvalue weighted by Crippen LogP contribution is -2.41. The first-order valence-corrected chi connectivity index (χ1v) is 15.8. The summed E-state index contributed by atoms with van der Waals surface area (Å²) in [5.41, 5.74) is 0.673. The number of benzene rings is 2. The van der Waals surface area contributed by atoms with Gasteiger partial charge in [-0.3, -0.25) is 14.9 Å². The van der Waals surface area contributed by atoms with Crippen molar-refractivity contribution in [2.75, 3.05) is 24.2 Å². The van der Waals surface area contributed by atoms with E-state index in [1.807, 2.05) is 0 Å². The van der Waals surface area contributed by atoms with Crippen molar-refractivity contribution >= 4 is 55.0 Å². The molecule has 1 unspecified atom stereocenters. The van der Waals surface area contributed by atoms with Crippen LogP contribution in [0.2, 0.25) is 0 Å². The van der Waals surface area contributed by atoms with Crippen LogP contribution in [0, 0.1) is 5.82 Å². The molecule has 232 valence electrons. The highest BCUT2D eigenvalue weighted by atomic mass is 32.2. The van der Waals surface area contributed by atoms with Crippen molar-refractivity contribution in [3.63, 3.8) is 0 Å². The minimum atomic E-state index is -4.68. The van der Waals surface area contributed by atoms with Gasteiger partial charge in [0, 0.05) is 23.4 Å². The molecule has 0 bridgehead atoms. The standard InChI is InChI=1S/C27H28F4N4O6S2/c1-2-3-10-43(39,40)23(24(37)32-13-22(36)33-16-8-9-16)25-35-20-12-19(28)18(11-21(20)42-25)15-4-6-17(7-5-15)34-26(38)41-14-27(29,30)31/h4-7,11-12,16,23H,2-3,8-10,13-14H2,1H3,(H,32,37)(H,33,36)(H,34,38). The first kappa shape index (κ1) is 32.1. The molecule has 0 saturated heterocycles. The predicted octanol–water partition coefficient (Wildman–Crippen LogP) is 4.86. The van der Waals surface area contributed by atoms with Crippen LogP contribution in [0.15, 0.2) is 36.4 Å².